The Bertz CT molecular complexity index is 162. The zero-order valence-corrected chi connectivity index (χ0v) is 9.34. The molecule has 0 saturated carbocycles. The minimum Gasteiger partial charge on any atom is -0.396 e. The Labute approximate surface area is 86.1 Å². The first-order valence-corrected chi connectivity index (χ1v) is 5.22. The average Bonchev–Trinajstić information content (AvgIpc) is 2.16. The molecule has 0 aliphatic carbocycles. The van der Waals surface area contributed by atoms with Gasteiger partial charge in [-0.25, -0.2) is 0 Å². The molecule has 0 aromatic rings. The highest BCUT2D eigenvalue weighted by Gasteiger charge is 2.10. The van der Waals surface area contributed by atoms with Gasteiger partial charge in [0, 0.05) is 32.2 Å². The normalized spacial score (nSPS) is 14.9. The van der Waals surface area contributed by atoms with Gasteiger partial charge in [-0.3, -0.25) is 4.79 Å². The van der Waals surface area contributed by atoms with Crippen LogP contribution >= 0.6 is 0 Å². The first-order chi connectivity index (χ1) is 6.61. The molecule has 4 heteroatoms. The van der Waals surface area contributed by atoms with Crippen LogP contribution < -0.4 is 10.6 Å². The molecule has 0 aliphatic rings. The second kappa shape index (κ2) is 7.76. The van der Waals surface area contributed by atoms with Crippen LogP contribution in [0.3, 0.4) is 0 Å². The van der Waals surface area contributed by atoms with Gasteiger partial charge >= 0.3 is 0 Å². The van der Waals surface area contributed by atoms with Crippen LogP contribution in [0.2, 0.25) is 0 Å². The fourth-order valence-corrected chi connectivity index (χ4v) is 1.06. The summed E-state index contributed by atoms with van der Waals surface area (Å²) in [6.45, 7) is 7.41. The highest BCUT2D eigenvalue weighted by Crippen LogP contribution is 1.99. The maximum atomic E-state index is 11.1. The van der Waals surface area contributed by atoms with E-state index < -0.39 is 0 Å². The summed E-state index contributed by atoms with van der Waals surface area (Å²) in [7, 11) is 0. The molecule has 14 heavy (non-hydrogen) atoms. The van der Waals surface area contributed by atoms with Gasteiger partial charge in [0.2, 0.25) is 5.91 Å². The summed E-state index contributed by atoms with van der Waals surface area (Å²) in [5.41, 5.74) is 0. The lowest BCUT2D eigenvalue weighted by Crippen LogP contribution is -2.36. The van der Waals surface area contributed by atoms with E-state index in [9.17, 15) is 4.79 Å². The lowest BCUT2D eigenvalue weighted by Gasteiger charge is -2.18. The van der Waals surface area contributed by atoms with Crippen LogP contribution in [-0.2, 0) is 4.79 Å². The molecular formula is C10H22N2O2. The van der Waals surface area contributed by atoms with Crippen molar-refractivity contribution in [3.8, 4) is 0 Å². The van der Waals surface area contributed by atoms with E-state index in [4.69, 9.17) is 5.11 Å². The Morgan fingerprint density at radius 2 is 2.07 bits per heavy atom. The van der Waals surface area contributed by atoms with E-state index in [0.29, 0.717) is 19.5 Å². The molecule has 0 radical (unpaired) electrons. The van der Waals surface area contributed by atoms with Gasteiger partial charge in [0.15, 0.2) is 0 Å². The van der Waals surface area contributed by atoms with E-state index >= 15 is 0 Å². The standard InChI is InChI=1S/C10H22N2O2/c1-4-11-10(14)5-6-12-9(3)8(2)7-13/h8-9,12-13H,4-7H2,1-3H3,(H,11,14). The number of rotatable bonds is 7. The molecular weight excluding hydrogens is 180 g/mol. The van der Waals surface area contributed by atoms with Crippen molar-refractivity contribution < 1.29 is 9.90 Å². The number of aliphatic hydroxyl groups is 1. The minimum absolute atomic E-state index is 0.0730. The van der Waals surface area contributed by atoms with Crippen molar-refractivity contribution in [2.75, 3.05) is 19.7 Å². The number of hydrogen-bond donors (Lipinski definition) is 3. The molecule has 0 heterocycles. The maximum Gasteiger partial charge on any atom is 0.221 e. The molecule has 3 N–H and O–H groups in total. The summed E-state index contributed by atoms with van der Waals surface area (Å²) in [5, 5.41) is 14.8. The third kappa shape index (κ3) is 5.94. The molecule has 0 aliphatic heterocycles. The summed E-state index contributed by atoms with van der Waals surface area (Å²) in [6.07, 6.45) is 0.496. The fraction of sp³-hybridized carbons (Fsp3) is 0.900. The number of carbonyl (C=O) groups is 1. The van der Waals surface area contributed by atoms with E-state index in [2.05, 4.69) is 10.6 Å². The molecule has 2 atom stereocenters. The largest absolute Gasteiger partial charge is 0.396 e. The van der Waals surface area contributed by atoms with E-state index in [1.807, 2.05) is 20.8 Å². The van der Waals surface area contributed by atoms with Crippen molar-refractivity contribution in [3.05, 3.63) is 0 Å². The number of nitrogens with one attached hydrogen (secondary N) is 2. The Hall–Kier alpha value is -0.610. The molecule has 0 saturated heterocycles. The van der Waals surface area contributed by atoms with Gasteiger partial charge in [-0.1, -0.05) is 6.92 Å². The molecule has 2 unspecified atom stereocenters. The van der Waals surface area contributed by atoms with Gasteiger partial charge in [0.1, 0.15) is 0 Å². The second-order valence-electron chi connectivity index (χ2n) is 3.61. The van der Waals surface area contributed by atoms with Crippen LogP contribution in [-0.4, -0.2) is 36.8 Å². The van der Waals surface area contributed by atoms with Crippen LogP contribution in [0.15, 0.2) is 0 Å². The topological polar surface area (TPSA) is 61.4 Å². The minimum atomic E-state index is 0.0730. The second-order valence-corrected chi connectivity index (χ2v) is 3.61. The SMILES string of the molecule is CCNC(=O)CCNC(C)C(C)CO. The van der Waals surface area contributed by atoms with Crippen LogP contribution in [0, 0.1) is 5.92 Å². The van der Waals surface area contributed by atoms with E-state index in [-0.39, 0.29) is 24.5 Å². The fourth-order valence-electron chi connectivity index (χ4n) is 1.06. The van der Waals surface area contributed by atoms with Gasteiger partial charge in [-0.05, 0) is 19.8 Å². The van der Waals surface area contributed by atoms with Crippen LogP contribution in [0.1, 0.15) is 27.2 Å². The van der Waals surface area contributed by atoms with E-state index in [1.54, 1.807) is 0 Å². The third-order valence-corrected chi connectivity index (χ3v) is 2.33. The molecule has 0 spiro atoms. The Balaban J connectivity index is 3.48. The van der Waals surface area contributed by atoms with Gasteiger partial charge in [0.05, 0.1) is 0 Å². The van der Waals surface area contributed by atoms with Crippen molar-refractivity contribution in [2.45, 2.75) is 33.2 Å². The van der Waals surface area contributed by atoms with Crippen LogP contribution in [0.5, 0.6) is 0 Å². The molecule has 84 valence electrons. The van der Waals surface area contributed by atoms with Crippen molar-refractivity contribution in [3.63, 3.8) is 0 Å². The lowest BCUT2D eigenvalue weighted by atomic mass is 10.1. The van der Waals surface area contributed by atoms with E-state index in [1.165, 1.54) is 0 Å². The Morgan fingerprint density at radius 1 is 1.43 bits per heavy atom. The highest BCUT2D eigenvalue weighted by molar-refractivity contribution is 5.75. The summed E-state index contributed by atoms with van der Waals surface area (Å²) in [4.78, 5) is 11.1. The average molecular weight is 202 g/mol. The van der Waals surface area contributed by atoms with Crippen molar-refractivity contribution in [1.82, 2.24) is 10.6 Å². The third-order valence-electron chi connectivity index (χ3n) is 2.33. The molecule has 0 bridgehead atoms. The lowest BCUT2D eigenvalue weighted by molar-refractivity contribution is -0.120. The Morgan fingerprint density at radius 3 is 2.57 bits per heavy atom. The van der Waals surface area contributed by atoms with Gasteiger partial charge in [-0.15, -0.1) is 0 Å². The van der Waals surface area contributed by atoms with Gasteiger partial charge in [-0.2, -0.15) is 0 Å². The zero-order valence-electron chi connectivity index (χ0n) is 9.34. The van der Waals surface area contributed by atoms with Crippen molar-refractivity contribution in [1.29, 1.82) is 0 Å². The molecule has 4 nitrogen and oxygen atoms in total. The number of hydrogen-bond acceptors (Lipinski definition) is 3. The van der Waals surface area contributed by atoms with Crippen molar-refractivity contribution in [2.24, 2.45) is 5.92 Å². The quantitative estimate of drug-likeness (QED) is 0.549. The zero-order chi connectivity index (χ0) is 11.0. The summed E-state index contributed by atoms with van der Waals surface area (Å²) >= 11 is 0. The summed E-state index contributed by atoms with van der Waals surface area (Å²) < 4.78 is 0. The molecule has 0 rings (SSSR count). The van der Waals surface area contributed by atoms with Gasteiger partial charge in [0.25, 0.3) is 0 Å². The molecule has 1 amide bonds. The predicted octanol–water partition coefficient (Wildman–Crippen LogP) is 0.119. The van der Waals surface area contributed by atoms with Crippen LogP contribution in [0.25, 0.3) is 0 Å². The monoisotopic (exact) mass is 202 g/mol. The smallest absolute Gasteiger partial charge is 0.221 e. The number of aliphatic hydroxyl groups excluding tert-OH is 1. The van der Waals surface area contributed by atoms with Crippen molar-refractivity contribution >= 4 is 5.91 Å². The summed E-state index contributed by atoms with van der Waals surface area (Å²) in [5.74, 6) is 0.299. The number of amides is 1. The number of carbonyl (C=O) groups excluding carboxylic acids is 1. The first-order valence-electron chi connectivity index (χ1n) is 5.22. The Kier molecular flexibility index (Phi) is 7.42. The van der Waals surface area contributed by atoms with Gasteiger partial charge < -0.3 is 15.7 Å². The predicted molar refractivity (Wildman–Crippen MR) is 57.0 cm³/mol. The van der Waals surface area contributed by atoms with Crippen LogP contribution in [0.4, 0.5) is 0 Å². The van der Waals surface area contributed by atoms with E-state index in [0.717, 1.165) is 0 Å². The molecule has 0 fully saturated rings. The maximum absolute atomic E-state index is 11.1. The molecule has 0 aromatic carbocycles. The highest BCUT2D eigenvalue weighted by atomic mass is 16.3. The molecule has 0 aromatic heterocycles. The first kappa shape index (κ1) is 13.4. The summed E-state index contributed by atoms with van der Waals surface area (Å²) in [6, 6.07) is 0.245.